The first-order valence-electron chi connectivity index (χ1n) is 11.2. The van der Waals surface area contributed by atoms with Gasteiger partial charge in [-0.3, -0.25) is 14.1 Å². The van der Waals surface area contributed by atoms with Gasteiger partial charge in [0, 0.05) is 18.7 Å². The summed E-state index contributed by atoms with van der Waals surface area (Å²) in [5, 5.41) is 5.08. The number of rotatable bonds is 10. The monoisotopic (exact) mass is 511 g/mol. The lowest BCUT2D eigenvalue weighted by molar-refractivity contribution is -0.149. The van der Waals surface area contributed by atoms with Gasteiger partial charge in [-0.1, -0.05) is 24.8 Å². The minimum absolute atomic E-state index is 0.0838. The molecule has 2 aliphatic heterocycles. The van der Waals surface area contributed by atoms with Gasteiger partial charge in [0.05, 0.1) is 18.8 Å². The van der Waals surface area contributed by atoms with E-state index in [1.807, 2.05) is 0 Å². The Hall–Kier alpha value is -2.72. The summed E-state index contributed by atoms with van der Waals surface area (Å²) >= 11 is 0. The standard InChI is InChI=1S/C23H31FN3O7P/c1-15(2)32-21(29)16(3)26-35(30,34-18-9-7-6-8-10-18)31-14-19-13-23(5,24)22(33-19)27-12-11-20(28)25-17(27)4/h6-12,15-16,19,22H,4,13-14H2,1-3,5H3,(H,25,28)(H,26,30)/t16-,19+,22-,23-,35?/m1/s1. The molecule has 0 aliphatic carbocycles. The molecule has 1 unspecified atom stereocenters. The van der Waals surface area contributed by atoms with Gasteiger partial charge >= 0.3 is 13.7 Å². The molecule has 12 heteroatoms. The molecule has 1 fully saturated rings. The highest BCUT2D eigenvalue weighted by Gasteiger charge is 2.50. The Morgan fingerprint density at radius 2 is 2.06 bits per heavy atom. The summed E-state index contributed by atoms with van der Waals surface area (Å²) in [6.45, 7) is 9.65. The van der Waals surface area contributed by atoms with E-state index in [-0.39, 0.29) is 36.6 Å². The zero-order chi connectivity index (χ0) is 25.8. The summed E-state index contributed by atoms with van der Waals surface area (Å²) < 4.78 is 51.2. The minimum Gasteiger partial charge on any atom is -0.462 e. The third kappa shape index (κ3) is 7.14. The average Bonchev–Trinajstić information content (AvgIpc) is 3.06. The largest absolute Gasteiger partial charge is 0.462 e. The second kappa shape index (κ2) is 10.9. The van der Waals surface area contributed by atoms with Gasteiger partial charge in [0.15, 0.2) is 11.9 Å². The second-order valence-corrected chi connectivity index (χ2v) is 10.5. The molecule has 1 aromatic rings. The lowest BCUT2D eigenvalue weighted by atomic mass is 10.0. The van der Waals surface area contributed by atoms with Crippen molar-refractivity contribution in [2.75, 3.05) is 6.61 Å². The molecule has 5 atom stereocenters. The highest BCUT2D eigenvalue weighted by molar-refractivity contribution is 7.52. The highest BCUT2D eigenvalue weighted by atomic mass is 31.2. The van der Waals surface area contributed by atoms with E-state index < -0.39 is 37.8 Å². The number of benzene rings is 1. The van der Waals surface area contributed by atoms with Crippen LogP contribution in [-0.4, -0.2) is 53.5 Å². The van der Waals surface area contributed by atoms with E-state index in [0.29, 0.717) is 0 Å². The number of amides is 1. The molecular weight excluding hydrogens is 480 g/mol. The molecule has 0 bridgehead atoms. The predicted octanol–water partition coefficient (Wildman–Crippen LogP) is 3.38. The van der Waals surface area contributed by atoms with Gasteiger partial charge in [0.2, 0.25) is 0 Å². The molecule has 2 heterocycles. The van der Waals surface area contributed by atoms with Crippen molar-refractivity contribution in [2.45, 2.75) is 64.3 Å². The zero-order valence-corrected chi connectivity index (χ0v) is 21.0. The first-order valence-corrected chi connectivity index (χ1v) is 12.7. The molecule has 1 aromatic carbocycles. The predicted molar refractivity (Wildman–Crippen MR) is 126 cm³/mol. The molecule has 35 heavy (non-hydrogen) atoms. The van der Waals surface area contributed by atoms with Crippen molar-refractivity contribution in [3.63, 3.8) is 0 Å². The van der Waals surface area contributed by atoms with E-state index >= 15 is 4.39 Å². The van der Waals surface area contributed by atoms with Crippen LogP contribution in [0, 0.1) is 0 Å². The molecule has 0 aromatic heterocycles. The molecule has 2 aliphatic rings. The van der Waals surface area contributed by atoms with Gasteiger partial charge < -0.3 is 24.2 Å². The van der Waals surface area contributed by atoms with E-state index in [4.69, 9.17) is 18.5 Å². The van der Waals surface area contributed by atoms with Gasteiger partial charge in [-0.15, -0.1) is 0 Å². The van der Waals surface area contributed by atoms with Crippen molar-refractivity contribution in [2.24, 2.45) is 0 Å². The third-order valence-corrected chi connectivity index (χ3v) is 6.78. The van der Waals surface area contributed by atoms with E-state index in [1.165, 1.54) is 31.0 Å². The number of alkyl halides is 1. The average molecular weight is 511 g/mol. The maximum absolute atomic E-state index is 15.4. The van der Waals surface area contributed by atoms with Gasteiger partial charge in [-0.05, 0) is 39.8 Å². The topological polar surface area (TPSA) is 115 Å². The summed E-state index contributed by atoms with van der Waals surface area (Å²) in [6.07, 6.45) is 0.279. The number of hydrogen-bond acceptors (Lipinski definition) is 8. The lowest BCUT2D eigenvalue weighted by Gasteiger charge is -2.35. The smallest absolute Gasteiger partial charge is 0.459 e. The summed E-state index contributed by atoms with van der Waals surface area (Å²) in [7, 11) is -4.12. The molecule has 0 spiro atoms. The van der Waals surface area contributed by atoms with Gasteiger partial charge in [0.1, 0.15) is 17.6 Å². The van der Waals surface area contributed by atoms with Crippen molar-refractivity contribution in [3.05, 3.63) is 55.0 Å². The highest BCUT2D eigenvalue weighted by Crippen LogP contribution is 2.46. The number of hydrogen-bond donors (Lipinski definition) is 2. The Bertz CT molecular complexity index is 1020. The second-order valence-electron chi connectivity index (χ2n) is 8.79. The number of nitrogens with one attached hydrogen (secondary N) is 2. The van der Waals surface area contributed by atoms with Gasteiger partial charge in [0.25, 0.3) is 5.91 Å². The van der Waals surface area contributed by atoms with Crippen LogP contribution in [0.3, 0.4) is 0 Å². The number of esters is 1. The first-order chi connectivity index (χ1) is 16.4. The van der Waals surface area contributed by atoms with E-state index in [0.717, 1.165) is 0 Å². The quantitative estimate of drug-likeness (QED) is 0.360. The Kier molecular flexibility index (Phi) is 8.38. The fraction of sp³-hybridized carbons (Fsp3) is 0.478. The Morgan fingerprint density at radius 1 is 1.37 bits per heavy atom. The van der Waals surface area contributed by atoms with Crippen LogP contribution in [0.1, 0.15) is 34.1 Å². The molecule has 3 rings (SSSR count). The minimum atomic E-state index is -4.12. The number of carbonyl (C=O) groups is 2. The van der Waals surface area contributed by atoms with Crippen LogP contribution < -0.4 is 14.9 Å². The number of halogens is 1. The summed E-state index contributed by atoms with van der Waals surface area (Å²) in [6, 6.07) is 7.28. The molecule has 2 N–H and O–H groups in total. The molecular formula is C23H31FN3O7P. The lowest BCUT2D eigenvalue weighted by Crippen LogP contribution is -2.48. The van der Waals surface area contributed by atoms with Gasteiger partial charge in [-0.25, -0.2) is 8.96 Å². The van der Waals surface area contributed by atoms with Crippen LogP contribution in [0.15, 0.2) is 55.0 Å². The number of para-hydroxylation sites is 1. The van der Waals surface area contributed by atoms with E-state index in [1.54, 1.807) is 44.2 Å². The molecule has 192 valence electrons. The summed E-state index contributed by atoms with van der Waals surface area (Å²) in [5.74, 6) is -0.588. The van der Waals surface area contributed by atoms with Gasteiger partial charge in [-0.2, -0.15) is 5.09 Å². The SMILES string of the molecule is C=C1NC(=O)C=CN1[C@@H]1O[C@H](COP(=O)(N[C@H](C)C(=O)OC(C)C)Oc2ccccc2)C[C@@]1(C)F. The van der Waals surface area contributed by atoms with Crippen molar-refractivity contribution in [1.82, 2.24) is 15.3 Å². The Labute approximate surface area is 204 Å². The van der Waals surface area contributed by atoms with Crippen LogP contribution in [-0.2, 0) is 28.2 Å². The molecule has 10 nitrogen and oxygen atoms in total. The maximum Gasteiger partial charge on any atom is 0.459 e. The van der Waals surface area contributed by atoms with Crippen LogP contribution >= 0.6 is 7.75 Å². The summed E-state index contributed by atoms with van der Waals surface area (Å²) in [5.41, 5.74) is -1.84. The van der Waals surface area contributed by atoms with Crippen molar-refractivity contribution in [1.29, 1.82) is 0 Å². The maximum atomic E-state index is 15.4. The molecule has 0 saturated carbocycles. The van der Waals surface area contributed by atoms with Crippen LogP contribution in [0.5, 0.6) is 5.75 Å². The number of nitrogens with zero attached hydrogens (tertiary/aromatic N) is 1. The molecule has 1 saturated heterocycles. The Morgan fingerprint density at radius 3 is 2.69 bits per heavy atom. The van der Waals surface area contributed by atoms with Crippen molar-refractivity contribution in [3.8, 4) is 5.75 Å². The van der Waals surface area contributed by atoms with E-state index in [9.17, 15) is 14.2 Å². The third-order valence-electron chi connectivity index (χ3n) is 5.14. The normalized spacial score (nSPS) is 26.9. The van der Waals surface area contributed by atoms with Crippen LogP contribution in [0.2, 0.25) is 0 Å². The Balaban J connectivity index is 1.71. The van der Waals surface area contributed by atoms with Crippen LogP contribution in [0.25, 0.3) is 0 Å². The van der Waals surface area contributed by atoms with Crippen molar-refractivity contribution >= 4 is 19.6 Å². The first kappa shape index (κ1) is 26.9. The molecule has 0 radical (unpaired) electrons. The van der Waals surface area contributed by atoms with Crippen molar-refractivity contribution < 1.29 is 37.1 Å². The number of carbonyl (C=O) groups excluding carboxylic acids is 2. The van der Waals surface area contributed by atoms with E-state index in [2.05, 4.69) is 17.0 Å². The zero-order valence-electron chi connectivity index (χ0n) is 20.1. The van der Waals surface area contributed by atoms with Crippen LogP contribution in [0.4, 0.5) is 4.39 Å². The number of ether oxygens (including phenoxy) is 2. The fourth-order valence-corrected chi connectivity index (χ4v) is 5.12. The fourth-order valence-electron chi connectivity index (χ4n) is 3.59. The molecule has 1 amide bonds. The summed E-state index contributed by atoms with van der Waals surface area (Å²) in [4.78, 5) is 25.1.